The van der Waals surface area contributed by atoms with Gasteiger partial charge in [-0.15, -0.1) is 0 Å². The van der Waals surface area contributed by atoms with E-state index in [0.717, 1.165) is 91.7 Å². The molecule has 2 fully saturated rings. The lowest BCUT2D eigenvalue weighted by Gasteiger charge is -2.42. The van der Waals surface area contributed by atoms with Crippen molar-refractivity contribution in [1.82, 2.24) is 24.6 Å². The topological polar surface area (TPSA) is 136 Å². The molecule has 50 heavy (non-hydrogen) atoms. The lowest BCUT2D eigenvalue weighted by Crippen LogP contribution is -2.45. The van der Waals surface area contributed by atoms with Crippen LogP contribution in [0.25, 0.3) is 11.1 Å². The number of aliphatic hydroxyl groups is 2. The molecule has 5 heterocycles. The Morgan fingerprint density at radius 3 is 2.20 bits per heavy atom. The van der Waals surface area contributed by atoms with Gasteiger partial charge in [-0.05, 0) is 105 Å². The summed E-state index contributed by atoms with van der Waals surface area (Å²) in [6.45, 7) is 8.06. The fraction of sp³-hybridized carbons (Fsp3) is 0.436. The standard InChI is InChI=1S/C39H47N7O4/c1-25-30(9-5-11-32(25)41-38(49)34-15-14-27(21-40-34)22-44-19-16-29(48)23-44)31-10-6-12-33(26(31)2)42-39(50)35-20-37-36(13-7-18-46(37)43-35)45-17-4-3-8-28(45)24-47/h5-6,9-12,14-15,20-21,28-29,36,47-48H,3-4,7-8,13,16-19,22-24H2,1-2H3,(H,41,49)(H,42,50)/t28-,29-,36+/m1/s1. The maximum Gasteiger partial charge on any atom is 0.276 e. The molecule has 0 unspecified atom stereocenters. The summed E-state index contributed by atoms with van der Waals surface area (Å²) in [5.74, 6) is -0.541. The number of pyridine rings is 1. The number of piperidine rings is 1. The van der Waals surface area contributed by atoms with Crippen LogP contribution in [0.5, 0.6) is 0 Å². The lowest BCUT2D eigenvalue weighted by molar-refractivity contribution is 0.0393. The van der Waals surface area contributed by atoms with Crippen molar-refractivity contribution in [2.24, 2.45) is 0 Å². The predicted octanol–water partition coefficient (Wildman–Crippen LogP) is 5.31. The van der Waals surface area contributed by atoms with Crippen LogP contribution < -0.4 is 10.6 Å². The highest BCUT2D eigenvalue weighted by molar-refractivity contribution is 6.05. The van der Waals surface area contributed by atoms with E-state index in [9.17, 15) is 19.8 Å². The lowest BCUT2D eigenvalue weighted by atomic mass is 9.94. The zero-order valence-corrected chi connectivity index (χ0v) is 28.9. The molecule has 7 rings (SSSR count). The minimum Gasteiger partial charge on any atom is -0.395 e. The third kappa shape index (κ3) is 7.09. The summed E-state index contributed by atoms with van der Waals surface area (Å²) in [5.41, 5.74) is 7.89. The fourth-order valence-corrected chi connectivity index (χ4v) is 7.90. The summed E-state index contributed by atoms with van der Waals surface area (Å²) in [4.78, 5) is 35.9. The molecule has 4 N–H and O–H groups in total. The van der Waals surface area contributed by atoms with E-state index in [4.69, 9.17) is 5.10 Å². The number of amides is 2. The summed E-state index contributed by atoms with van der Waals surface area (Å²) >= 11 is 0. The van der Waals surface area contributed by atoms with Gasteiger partial charge in [0.15, 0.2) is 5.69 Å². The largest absolute Gasteiger partial charge is 0.395 e. The number of fused-ring (bicyclic) bond motifs is 1. The van der Waals surface area contributed by atoms with Gasteiger partial charge in [-0.3, -0.25) is 29.1 Å². The number of aliphatic hydroxyl groups excluding tert-OH is 2. The van der Waals surface area contributed by atoms with Crippen LogP contribution in [-0.4, -0.2) is 85.0 Å². The van der Waals surface area contributed by atoms with Crippen molar-refractivity contribution >= 4 is 23.2 Å². The normalized spacial score (nSPS) is 21.2. The number of β-amino-alcohol motifs (C(OH)–C–C–N with tert-alkyl or cyclic N) is 1. The number of aromatic nitrogens is 3. The number of rotatable bonds is 9. The number of anilines is 2. The molecule has 0 aliphatic carbocycles. The molecule has 3 aliphatic rings. The highest BCUT2D eigenvalue weighted by Gasteiger charge is 2.34. The Balaban J connectivity index is 1.05. The molecule has 3 aliphatic heterocycles. The molecule has 2 saturated heterocycles. The Morgan fingerprint density at radius 2 is 1.56 bits per heavy atom. The van der Waals surface area contributed by atoms with E-state index >= 15 is 0 Å². The maximum atomic E-state index is 13.6. The molecule has 262 valence electrons. The third-order valence-electron chi connectivity index (χ3n) is 10.7. The van der Waals surface area contributed by atoms with Gasteiger partial charge < -0.3 is 20.8 Å². The SMILES string of the molecule is Cc1c(NC(=O)c2ccc(CN3CC[C@@H](O)C3)cn2)cccc1-c1cccc(NC(=O)c2cc3n(n2)CCC[C@@H]3N2CCCC[C@@H]2CO)c1C. The number of hydrogen-bond acceptors (Lipinski definition) is 8. The summed E-state index contributed by atoms with van der Waals surface area (Å²) in [7, 11) is 0. The first-order valence-corrected chi connectivity index (χ1v) is 17.9. The number of carbonyl (C=O) groups excluding carboxylic acids is 2. The fourth-order valence-electron chi connectivity index (χ4n) is 7.90. The number of nitrogens with zero attached hydrogens (tertiary/aromatic N) is 5. The van der Waals surface area contributed by atoms with E-state index in [1.165, 1.54) is 0 Å². The first-order valence-electron chi connectivity index (χ1n) is 17.9. The van der Waals surface area contributed by atoms with E-state index in [2.05, 4.69) is 25.4 Å². The number of likely N-dealkylation sites (tertiary alicyclic amines) is 2. The van der Waals surface area contributed by atoms with E-state index in [0.29, 0.717) is 35.9 Å². The highest BCUT2D eigenvalue weighted by atomic mass is 16.3. The Bertz CT molecular complexity index is 1860. The van der Waals surface area contributed by atoms with Crippen molar-refractivity contribution in [3.05, 3.63) is 94.6 Å². The van der Waals surface area contributed by atoms with Gasteiger partial charge in [0.2, 0.25) is 0 Å². The molecule has 0 radical (unpaired) electrons. The molecule has 0 bridgehead atoms. The van der Waals surface area contributed by atoms with Crippen LogP contribution in [0.2, 0.25) is 0 Å². The second-order valence-corrected chi connectivity index (χ2v) is 14.0. The molecule has 2 aromatic carbocycles. The second-order valence-electron chi connectivity index (χ2n) is 14.0. The Kier molecular flexibility index (Phi) is 10.1. The predicted molar refractivity (Wildman–Crippen MR) is 193 cm³/mol. The molecule has 0 spiro atoms. The average molecular weight is 678 g/mol. The smallest absolute Gasteiger partial charge is 0.276 e. The van der Waals surface area contributed by atoms with Gasteiger partial charge >= 0.3 is 0 Å². The molecule has 4 aromatic rings. The molecule has 11 nitrogen and oxygen atoms in total. The number of nitrogens with one attached hydrogen (secondary N) is 2. The zero-order valence-electron chi connectivity index (χ0n) is 28.9. The molecular formula is C39H47N7O4. The number of aryl methyl sites for hydroxylation is 1. The zero-order chi connectivity index (χ0) is 34.8. The molecule has 0 saturated carbocycles. The van der Waals surface area contributed by atoms with E-state index in [1.807, 2.05) is 67.1 Å². The maximum absolute atomic E-state index is 13.6. The van der Waals surface area contributed by atoms with Gasteiger partial charge in [-0.25, -0.2) is 0 Å². The molecule has 2 amide bonds. The Hall–Kier alpha value is -4.42. The minimum absolute atomic E-state index is 0.151. The van der Waals surface area contributed by atoms with Gasteiger partial charge in [0.1, 0.15) is 5.69 Å². The van der Waals surface area contributed by atoms with Gasteiger partial charge in [-0.1, -0.05) is 36.8 Å². The van der Waals surface area contributed by atoms with Crippen molar-refractivity contribution in [3.63, 3.8) is 0 Å². The van der Waals surface area contributed by atoms with E-state index < -0.39 is 0 Å². The van der Waals surface area contributed by atoms with Crippen molar-refractivity contribution in [2.45, 2.75) is 83.6 Å². The van der Waals surface area contributed by atoms with Crippen LogP contribution in [0.15, 0.2) is 60.8 Å². The highest BCUT2D eigenvalue weighted by Crippen LogP contribution is 2.37. The third-order valence-corrected chi connectivity index (χ3v) is 10.7. The first kappa shape index (κ1) is 34.0. The molecular weight excluding hydrogens is 630 g/mol. The second kappa shape index (κ2) is 14.8. The van der Waals surface area contributed by atoms with Gasteiger partial charge in [-0.2, -0.15) is 5.10 Å². The van der Waals surface area contributed by atoms with Crippen molar-refractivity contribution < 1.29 is 19.8 Å². The van der Waals surface area contributed by atoms with Gasteiger partial charge in [0.25, 0.3) is 11.8 Å². The summed E-state index contributed by atoms with van der Waals surface area (Å²) < 4.78 is 1.98. The van der Waals surface area contributed by atoms with E-state index in [1.54, 1.807) is 12.3 Å². The summed E-state index contributed by atoms with van der Waals surface area (Å²) in [6, 6.07) is 17.6. The molecule has 2 aromatic heterocycles. The quantitative estimate of drug-likeness (QED) is 0.187. The van der Waals surface area contributed by atoms with Crippen LogP contribution in [0, 0.1) is 13.8 Å². The minimum atomic E-state index is -0.289. The Morgan fingerprint density at radius 1 is 0.840 bits per heavy atom. The molecule has 3 atom stereocenters. The van der Waals surface area contributed by atoms with Crippen LogP contribution in [0.1, 0.15) is 87.9 Å². The van der Waals surface area contributed by atoms with E-state index in [-0.39, 0.29) is 36.6 Å². The first-order chi connectivity index (χ1) is 24.3. The number of benzene rings is 2. The van der Waals surface area contributed by atoms with Crippen LogP contribution in [-0.2, 0) is 13.1 Å². The number of hydrogen-bond donors (Lipinski definition) is 4. The average Bonchev–Trinajstić information content (AvgIpc) is 3.76. The monoisotopic (exact) mass is 677 g/mol. The van der Waals surface area contributed by atoms with Crippen molar-refractivity contribution in [1.29, 1.82) is 0 Å². The molecule has 11 heteroatoms. The van der Waals surface area contributed by atoms with Crippen LogP contribution in [0.4, 0.5) is 11.4 Å². The van der Waals surface area contributed by atoms with Crippen molar-refractivity contribution in [2.75, 3.05) is 36.9 Å². The Labute approximate surface area is 293 Å². The summed E-state index contributed by atoms with van der Waals surface area (Å²) in [6.07, 6.45) is 7.48. The number of carbonyl (C=O) groups is 2. The summed E-state index contributed by atoms with van der Waals surface area (Å²) in [5, 5.41) is 30.7. The van der Waals surface area contributed by atoms with Crippen molar-refractivity contribution in [3.8, 4) is 11.1 Å². The van der Waals surface area contributed by atoms with Gasteiger partial charge in [0, 0.05) is 49.8 Å². The van der Waals surface area contributed by atoms with Crippen LogP contribution >= 0.6 is 0 Å². The van der Waals surface area contributed by atoms with Crippen LogP contribution in [0.3, 0.4) is 0 Å². The van der Waals surface area contributed by atoms with Gasteiger partial charge in [0.05, 0.1) is 24.4 Å².